The summed E-state index contributed by atoms with van der Waals surface area (Å²) < 4.78 is 6.25. The highest BCUT2D eigenvalue weighted by molar-refractivity contribution is 9.10. The van der Waals surface area contributed by atoms with Crippen LogP contribution in [0, 0.1) is 0 Å². The largest absolute Gasteiger partial charge is 0.484 e. The highest BCUT2D eigenvalue weighted by Crippen LogP contribution is 2.23. The Morgan fingerprint density at radius 1 is 1.10 bits per heavy atom. The smallest absolute Gasteiger partial charge is 0.316 e. The number of rotatable bonds is 5. The second kappa shape index (κ2) is 6.90. The topological polar surface area (TPSA) is 81.4 Å². The molecule has 2 aromatic carbocycles. The summed E-state index contributed by atoms with van der Waals surface area (Å²) in [6.07, 6.45) is 0. The molecule has 2 rings (SSSR count). The Balaban J connectivity index is 1.97. The highest BCUT2D eigenvalue weighted by Gasteiger charge is 2.08. The van der Waals surface area contributed by atoms with Gasteiger partial charge in [0.1, 0.15) is 5.75 Å². The van der Waals surface area contributed by atoms with Gasteiger partial charge in [-0.25, -0.2) is 4.79 Å². The van der Waals surface area contributed by atoms with Gasteiger partial charge in [0.15, 0.2) is 12.4 Å². The fraction of sp³-hybridized carbons (Fsp3) is 0.0667. The molecule has 5 nitrogen and oxygen atoms in total. The third-order valence-corrected chi connectivity index (χ3v) is 3.32. The Bertz CT molecular complexity index is 656. The molecule has 0 atom stereocenters. The van der Waals surface area contributed by atoms with Crippen molar-refractivity contribution in [1.82, 2.24) is 0 Å². The van der Waals surface area contributed by atoms with Crippen LogP contribution in [0.1, 0.15) is 10.4 Å². The van der Waals surface area contributed by atoms with Crippen LogP contribution in [0.2, 0.25) is 0 Å². The molecule has 0 saturated carbocycles. The van der Waals surface area contributed by atoms with Crippen LogP contribution < -0.4 is 15.8 Å². The normalized spacial score (nSPS) is 9.95. The maximum atomic E-state index is 12.0. The third kappa shape index (κ3) is 4.32. The standard InChI is InChI=1S/C15H13BrN2O3/c16-12-3-1-2-4-14(12)21-9-13(19)10-5-7-11(8-6-10)18-15(17)20/h1-8H,9H2,(H3,17,18,20). The van der Waals surface area contributed by atoms with Crippen molar-refractivity contribution < 1.29 is 14.3 Å². The molecule has 0 radical (unpaired) electrons. The minimum Gasteiger partial charge on any atom is -0.484 e. The van der Waals surface area contributed by atoms with Crippen LogP contribution in [0.5, 0.6) is 5.75 Å². The fourth-order valence-electron chi connectivity index (χ4n) is 1.67. The van der Waals surface area contributed by atoms with Crippen molar-refractivity contribution in [1.29, 1.82) is 0 Å². The van der Waals surface area contributed by atoms with Crippen LogP contribution in [0.4, 0.5) is 10.5 Å². The number of hydrogen-bond donors (Lipinski definition) is 2. The average molecular weight is 349 g/mol. The van der Waals surface area contributed by atoms with E-state index in [-0.39, 0.29) is 12.4 Å². The van der Waals surface area contributed by atoms with E-state index in [1.165, 1.54) is 0 Å². The number of carbonyl (C=O) groups is 2. The molecular weight excluding hydrogens is 336 g/mol. The van der Waals surface area contributed by atoms with Gasteiger partial charge >= 0.3 is 6.03 Å². The van der Waals surface area contributed by atoms with E-state index in [9.17, 15) is 9.59 Å². The lowest BCUT2D eigenvalue weighted by Crippen LogP contribution is -2.19. The van der Waals surface area contributed by atoms with Crippen molar-refractivity contribution in [2.45, 2.75) is 0 Å². The van der Waals surface area contributed by atoms with E-state index in [2.05, 4.69) is 21.2 Å². The molecule has 2 amide bonds. The predicted octanol–water partition coefficient (Wildman–Crippen LogP) is 3.20. The molecule has 0 aliphatic carbocycles. The van der Waals surface area contributed by atoms with Gasteiger partial charge in [0, 0.05) is 11.3 Å². The molecule has 21 heavy (non-hydrogen) atoms. The Morgan fingerprint density at radius 2 is 1.76 bits per heavy atom. The third-order valence-electron chi connectivity index (χ3n) is 2.67. The number of amides is 2. The number of ether oxygens (including phenoxy) is 1. The van der Waals surface area contributed by atoms with E-state index < -0.39 is 6.03 Å². The van der Waals surface area contributed by atoms with E-state index in [0.29, 0.717) is 17.0 Å². The summed E-state index contributed by atoms with van der Waals surface area (Å²) in [5.74, 6) is 0.453. The Hall–Kier alpha value is -2.34. The Labute approximate surface area is 130 Å². The number of hydrogen-bond acceptors (Lipinski definition) is 3. The number of nitrogens with one attached hydrogen (secondary N) is 1. The first kappa shape index (κ1) is 15.1. The van der Waals surface area contributed by atoms with Gasteiger partial charge in [-0.05, 0) is 52.3 Å². The summed E-state index contributed by atoms with van der Waals surface area (Å²) in [7, 11) is 0. The molecular formula is C15H13BrN2O3. The van der Waals surface area contributed by atoms with Crippen molar-refractivity contribution in [3.63, 3.8) is 0 Å². The summed E-state index contributed by atoms with van der Waals surface area (Å²) in [6.45, 7) is -0.0643. The van der Waals surface area contributed by atoms with Gasteiger partial charge in [-0.2, -0.15) is 0 Å². The summed E-state index contributed by atoms with van der Waals surface area (Å²) in [5.41, 5.74) is 6.04. The van der Waals surface area contributed by atoms with Gasteiger partial charge in [0.25, 0.3) is 0 Å². The minimum atomic E-state index is -0.647. The lowest BCUT2D eigenvalue weighted by atomic mass is 10.1. The zero-order valence-corrected chi connectivity index (χ0v) is 12.6. The molecule has 0 bridgehead atoms. The van der Waals surface area contributed by atoms with E-state index in [0.717, 1.165) is 4.47 Å². The van der Waals surface area contributed by atoms with Gasteiger partial charge in [-0.3, -0.25) is 4.79 Å². The second-order valence-electron chi connectivity index (χ2n) is 4.21. The summed E-state index contributed by atoms with van der Waals surface area (Å²) in [5, 5.41) is 2.43. The number of primary amides is 1. The predicted molar refractivity (Wildman–Crippen MR) is 83.6 cm³/mol. The summed E-state index contributed by atoms with van der Waals surface area (Å²) in [4.78, 5) is 22.7. The number of halogens is 1. The van der Waals surface area contributed by atoms with Gasteiger partial charge in [0.2, 0.25) is 0 Å². The number of urea groups is 1. The molecule has 108 valence electrons. The molecule has 0 aliphatic rings. The lowest BCUT2D eigenvalue weighted by molar-refractivity contribution is 0.0921. The van der Waals surface area contributed by atoms with Crippen LogP contribution in [-0.4, -0.2) is 18.4 Å². The molecule has 3 N–H and O–H groups in total. The van der Waals surface area contributed by atoms with Gasteiger partial charge in [-0.15, -0.1) is 0 Å². The molecule has 0 aromatic heterocycles. The van der Waals surface area contributed by atoms with E-state index >= 15 is 0 Å². The minimum absolute atomic E-state index is 0.0643. The van der Waals surface area contributed by atoms with Gasteiger partial charge in [0.05, 0.1) is 4.47 Å². The van der Waals surface area contributed by atoms with Crippen molar-refractivity contribution in [2.75, 3.05) is 11.9 Å². The Morgan fingerprint density at radius 3 is 2.38 bits per heavy atom. The lowest BCUT2D eigenvalue weighted by Gasteiger charge is -2.08. The molecule has 0 aliphatic heterocycles. The number of para-hydroxylation sites is 1. The first-order chi connectivity index (χ1) is 10.1. The number of Topliss-reactive ketones (excluding diaryl/α,β-unsaturated/α-hetero) is 1. The van der Waals surface area contributed by atoms with Crippen molar-refractivity contribution in [3.05, 3.63) is 58.6 Å². The molecule has 0 spiro atoms. The summed E-state index contributed by atoms with van der Waals surface area (Å²) >= 11 is 3.35. The maximum Gasteiger partial charge on any atom is 0.316 e. The number of nitrogens with two attached hydrogens (primary N) is 1. The second-order valence-corrected chi connectivity index (χ2v) is 5.06. The van der Waals surface area contributed by atoms with E-state index in [4.69, 9.17) is 10.5 Å². The van der Waals surface area contributed by atoms with Gasteiger partial charge < -0.3 is 15.8 Å². The quantitative estimate of drug-likeness (QED) is 0.814. The monoisotopic (exact) mass is 348 g/mol. The van der Waals surface area contributed by atoms with Crippen molar-refractivity contribution in [3.8, 4) is 5.75 Å². The number of ketones is 1. The van der Waals surface area contributed by atoms with E-state index in [1.54, 1.807) is 30.3 Å². The van der Waals surface area contributed by atoms with Crippen LogP contribution in [-0.2, 0) is 0 Å². The Kier molecular flexibility index (Phi) is 4.94. The van der Waals surface area contributed by atoms with Crippen LogP contribution >= 0.6 is 15.9 Å². The number of benzene rings is 2. The number of anilines is 1. The first-order valence-electron chi connectivity index (χ1n) is 6.13. The zero-order valence-electron chi connectivity index (χ0n) is 11.0. The van der Waals surface area contributed by atoms with Crippen LogP contribution in [0.3, 0.4) is 0 Å². The molecule has 0 heterocycles. The highest BCUT2D eigenvalue weighted by atomic mass is 79.9. The molecule has 2 aromatic rings. The molecule has 0 fully saturated rings. The van der Waals surface area contributed by atoms with Crippen LogP contribution in [0.25, 0.3) is 0 Å². The zero-order chi connectivity index (χ0) is 15.2. The van der Waals surface area contributed by atoms with Gasteiger partial charge in [-0.1, -0.05) is 12.1 Å². The fourth-order valence-corrected chi connectivity index (χ4v) is 2.07. The molecule has 0 unspecified atom stereocenters. The maximum absolute atomic E-state index is 12.0. The number of carbonyl (C=O) groups excluding carboxylic acids is 2. The van der Waals surface area contributed by atoms with Crippen molar-refractivity contribution in [2.24, 2.45) is 5.73 Å². The average Bonchev–Trinajstić information content (AvgIpc) is 2.46. The van der Waals surface area contributed by atoms with Crippen molar-refractivity contribution >= 4 is 33.4 Å². The van der Waals surface area contributed by atoms with E-state index in [1.807, 2.05) is 18.2 Å². The molecule has 0 saturated heterocycles. The van der Waals surface area contributed by atoms with Crippen LogP contribution in [0.15, 0.2) is 53.0 Å². The molecule has 6 heteroatoms. The SMILES string of the molecule is NC(=O)Nc1ccc(C(=O)COc2ccccc2Br)cc1. The first-order valence-corrected chi connectivity index (χ1v) is 6.92. The summed E-state index contributed by atoms with van der Waals surface area (Å²) in [6, 6.07) is 13.1.